The molecule has 2 rings (SSSR count). The number of nitrogens with zero attached hydrogens (tertiary/aromatic N) is 1. The molecule has 1 aromatic heterocycles. The Kier molecular flexibility index (Phi) is 3.35. The third kappa shape index (κ3) is 2.28. The van der Waals surface area contributed by atoms with Gasteiger partial charge in [0.25, 0.3) is 0 Å². The molecule has 94 valence electrons. The van der Waals surface area contributed by atoms with Crippen molar-refractivity contribution in [3.8, 4) is 0 Å². The lowest BCUT2D eigenvalue weighted by Gasteiger charge is -2.17. The maximum Gasteiger partial charge on any atom is 0.179 e. The Morgan fingerprint density at radius 3 is 2.59 bits per heavy atom. The van der Waals surface area contributed by atoms with E-state index in [1.54, 1.807) is 0 Å². The topological polar surface area (TPSA) is 22.0 Å². The summed E-state index contributed by atoms with van der Waals surface area (Å²) < 4.78 is 2.29. The van der Waals surface area contributed by atoms with Crippen molar-refractivity contribution in [3.05, 3.63) is 23.0 Å². The van der Waals surface area contributed by atoms with Gasteiger partial charge >= 0.3 is 0 Å². The van der Waals surface area contributed by atoms with Gasteiger partial charge in [0.15, 0.2) is 5.78 Å². The maximum absolute atomic E-state index is 11.7. The van der Waals surface area contributed by atoms with Gasteiger partial charge in [-0.1, -0.05) is 6.92 Å². The van der Waals surface area contributed by atoms with E-state index < -0.39 is 0 Å². The van der Waals surface area contributed by atoms with Crippen LogP contribution in [0.25, 0.3) is 0 Å². The molecule has 0 saturated heterocycles. The van der Waals surface area contributed by atoms with E-state index in [0.717, 1.165) is 17.8 Å². The van der Waals surface area contributed by atoms with Gasteiger partial charge < -0.3 is 4.57 Å². The van der Waals surface area contributed by atoms with E-state index in [0.29, 0.717) is 5.41 Å². The highest BCUT2D eigenvalue weighted by Gasteiger charge is 2.41. The normalized spacial score (nSPS) is 17.2. The van der Waals surface area contributed by atoms with Crippen LogP contribution in [0.3, 0.4) is 0 Å². The predicted molar refractivity (Wildman–Crippen MR) is 70.9 cm³/mol. The quantitative estimate of drug-likeness (QED) is 0.579. The van der Waals surface area contributed by atoms with Gasteiger partial charge in [-0.25, -0.2) is 0 Å². The summed E-state index contributed by atoms with van der Waals surface area (Å²) >= 11 is 5.63. The molecule has 1 aliphatic carbocycles. The Bertz CT molecular complexity index is 443. The number of carbonyl (C=O) groups excluding carboxylic acids is 1. The van der Waals surface area contributed by atoms with Crippen molar-refractivity contribution in [1.82, 2.24) is 4.57 Å². The summed E-state index contributed by atoms with van der Waals surface area (Å²) in [5, 5.41) is 0. The Morgan fingerprint density at radius 2 is 2.12 bits per heavy atom. The highest BCUT2D eigenvalue weighted by Crippen LogP contribution is 2.50. The third-order valence-corrected chi connectivity index (χ3v) is 4.44. The van der Waals surface area contributed by atoms with Crippen LogP contribution in [0, 0.1) is 19.3 Å². The van der Waals surface area contributed by atoms with E-state index in [1.165, 1.54) is 25.0 Å². The van der Waals surface area contributed by atoms with Crippen molar-refractivity contribution in [3.63, 3.8) is 0 Å². The fourth-order valence-corrected chi connectivity index (χ4v) is 2.68. The molecule has 0 atom stereocenters. The molecule has 17 heavy (non-hydrogen) atoms. The lowest BCUT2D eigenvalue weighted by molar-refractivity contribution is 0.102. The molecule has 0 radical (unpaired) electrons. The molecule has 0 spiro atoms. The van der Waals surface area contributed by atoms with Crippen LogP contribution in [0.5, 0.6) is 0 Å². The van der Waals surface area contributed by atoms with Gasteiger partial charge in [0.2, 0.25) is 0 Å². The van der Waals surface area contributed by atoms with Gasteiger partial charge in [-0.05, 0) is 44.6 Å². The van der Waals surface area contributed by atoms with Gasteiger partial charge in [0, 0.05) is 23.5 Å². The average molecular weight is 254 g/mol. The lowest BCUT2D eigenvalue weighted by Crippen LogP contribution is -2.14. The van der Waals surface area contributed by atoms with Crippen LogP contribution in [-0.4, -0.2) is 16.2 Å². The molecule has 1 fully saturated rings. The first-order chi connectivity index (χ1) is 8.03. The van der Waals surface area contributed by atoms with Crippen LogP contribution in [-0.2, 0) is 6.54 Å². The molecule has 2 nitrogen and oxygen atoms in total. The highest BCUT2D eigenvalue weighted by molar-refractivity contribution is 6.30. The van der Waals surface area contributed by atoms with Crippen LogP contribution < -0.4 is 0 Å². The zero-order chi connectivity index (χ0) is 12.6. The molecule has 1 aliphatic rings. The average Bonchev–Trinajstić information content (AvgIpc) is 3.06. The van der Waals surface area contributed by atoms with Gasteiger partial charge in [-0.3, -0.25) is 4.79 Å². The molecule has 0 aliphatic heterocycles. The highest BCUT2D eigenvalue weighted by atomic mass is 35.5. The number of halogens is 1. The molecule has 1 saturated carbocycles. The number of aromatic nitrogens is 1. The molecule has 0 amide bonds. The Morgan fingerprint density at radius 1 is 1.47 bits per heavy atom. The summed E-state index contributed by atoms with van der Waals surface area (Å²) in [4.78, 5) is 11.7. The fraction of sp³-hybridized carbons (Fsp3) is 0.643. The molecule has 0 unspecified atom stereocenters. The van der Waals surface area contributed by atoms with Crippen LogP contribution >= 0.6 is 11.6 Å². The largest absolute Gasteiger partial charge is 0.348 e. The zero-order valence-corrected chi connectivity index (χ0v) is 11.6. The van der Waals surface area contributed by atoms with E-state index >= 15 is 0 Å². The van der Waals surface area contributed by atoms with Gasteiger partial charge in [0.05, 0.1) is 5.88 Å². The minimum absolute atomic E-state index is 0.0346. The van der Waals surface area contributed by atoms with Crippen molar-refractivity contribution in [2.75, 3.05) is 5.88 Å². The first kappa shape index (κ1) is 12.7. The zero-order valence-electron chi connectivity index (χ0n) is 10.8. The number of ketones is 1. The van der Waals surface area contributed by atoms with E-state index in [4.69, 9.17) is 11.6 Å². The predicted octanol–water partition coefficient (Wildman–Crippen LogP) is 3.72. The van der Waals surface area contributed by atoms with Crippen LogP contribution in [0.2, 0.25) is 0 Å². The summed E-state index contributed by atoms with van der Waals surface area (Å²) in [6, 6.07) is 1.98. The molecular formula is C14H20ClNO. The second-order valence-corrected chi connectivity index (χ2v) is 5.55. The second-order valence-electron chi connectivity index (χ2n) is 5.28. The minimum atomic E-state index is 0.0346. The number of Topliss-reactive ketones (excluding diaryl/α,β-unsaturated/α-hetero) is 1. The maximum atomic E-state index is 11.7. The van der Waals surface area contributed by atoms with Gasteiger partial charge in [-0.15, -0.1) is 11.6 Å². The summed E-state index contributed by atoms with van der Waals surface area (Å²) in [6.45, 7) is 7.41. The summed E-state index contributed by atoms with van der Waals surface area (Å²) in [5.74, 6) is 0.107. The molecule has 1 heterocycles. The number of hydrogen-bond donors (Lipinski definition) is 0. The molecule has 0 bridgehead atoms. The lowest BCUT2D eigenvalue weighted by atomic mass is 10.0. The monoisotopic (exact) mass is 253 g/mol. The first-order valence-electron chi connectivity index (χ1n) is 6.29. The van der Waals surface area contributed by atoms with Crippen LogP contribution in [0.15, 0.2) is 6.07 Å². The molecule has 0 aromatic carbocycles. The standard InChI is InChI=1S/C14H20ClNO/c1-4-14(5-6-14)9-16-10(2)7-12(11(16)3)13(17)8-15/h7H,4-6,8-9H2,1-3H3. The minimum Gasteiger partial charge on any atom is -0.348 e. The van der Waals surface area contributed by atoms with Crippen LogP contribution in [0.1, 0.15) is 47.9 Å². The molecule has 1 aromatic rings. The third-order valence-electron chi connectivity index (χ3n) is 4.20. The van der Waals surface area contributed by atoms with E-state index in [-0.39, 0.29) is 11.7 Å². The van der Waals surface area contributed by atoms with E-state index in [1.807, 2.05) is 13.0 Å². The van der Waals surface area contributed by atoms with Crippen LogP contribution in [0.4, 0.5) is 0 Å². The van der Waals surface area contributed by atoms with Crippen molar-refractivity contribution in [2.24, 2.45) is 5.41 Å². The summed E-state index contributed by atoms with van der Waals surface area (Å²) in [6.07, 6.45) is 3.86. The number of aryl methyl sites for hydroxylation is 1. The fourth-order valence-electron chi connectivity index (χ4n) is 2.53. The Hall–Kier alpha value is -0.760. The van der Waals surface area contributed by atoms with Crippen molar-refractivity contribution < 1.29 is 4.79 Å². The number of carbonyl (C=O) groups is 1. The summed E-state index contributed by atoms with van der Waals surface area (Å²) in [7, 11) is 0. The Balaban J connectivity index is 2.29. The van der Waals surface area contributed by atoms with Crippen molar-refractivity contribution in [1.29, 1.82) is 0 Å². The smallest absolute Gasteiger partial charge is 0.179 e. The second kappa shape index (κ2) is 4.49. The summed E-state index contributed by atoms with van der Waals surface area (Å²) in [5.41, 5.74) is 3.54. The number of hydrogen-bond acceptors (Lipinski definition) is 1. The molecule has 0 N–H and O–H groups in total. The van der Waals surface area contributed by atoms with E-state index in [2.05, 4.69) is 18.4 Å². The van der Waals surface area contributed by atoms with Crippen molar-refractivity contribution >= 4 is 17.4 Å². The SMILES string of the molecule is CCC1(Cn2c(C)cc(C(=O)CCl)c2C)CC1. The first-order valence-corrected chi connectivity index (χ1v) is 6.82. The number of alkyl halides is 1. The van der Waals surface area contributed by atoms with E-state index in [9.17, 15) is 4.79 Å². The number of rotatable bonds is 5. The van der Waals surface area contributed by atoms with Gasteiger partial charge in [0.1, 0.15) is 0 Å². The Labute approximate surface area is 108 Å². The molecular weight excluding hydrogens is 234 g/mol. The van der Waals surface area contributed by atoms with Crippen molar-refractivity contribution in [2.45, 2.75) is 46.6 Å². The molecule has 3 heteroatoms. The van der Waals surface area contributed by atoms with Gasteiger partial charge in [-0.2, -0.15) is 0 Å².